The molecule has 204 valence electrons. The first-order valence-electron chi connectivity index (χ1n) is 13.1. The minimum atomic E-state index is -0.699. The zero-order chi connectivity index (χ0) is 28.0. The third-order valence-electron chi connectivity index (χ3n) is 6.03. The molecule has 6 nitrogen and oxygen atoms in total. The molecule has 0 N–H and O–H groups in total. The van der Waals surface area contributed by atoms with Crippen molar-refractivity contribution in [3.8, 4) is 0 Å². The lowest BCUT2D eigenvalue weighted by atomic mass is 10.1. The molecule has 0 bridgehead atoms. The number of benzene rings is 2. The molecule has 2 heterocycles. The monoisotopic (exact) mass is 543 g/mol. The highest BCUT2D eigenvalue weighted by molar-refractivity contribution is 8.01. The van der Waals surface area contributed by atoms with Gasteiger partial charge in [0.1, 0.15) is 28.3 Å². The maximum atomic E-state index is 12.7. The molecule has 0 aliphatic carbocycles. The molecule has 2 aromatic carbocycles. The van der Waals surface area contributed by atoms with Gasteiger partial charge in [-0.2, -0.15) is 0 Å². The second-order valence-corrected chi connectivity index (χ2v) is 12.9. The van der Waals surface area contributed by atoms with E-state index in [9.17, 15) is 4.79 Å². The zero-order valence-corrected chi connectivity index (χ0v) is 24.4. The number of nitrogens with zero attached hydrogens (tertiary/aromatic N) is 3. The molecule has 0 aliphatic rings. The van der Waals surface area contributed by atoms with Crippen LogP contribution in [0.2, 0.25) is 0 Å². The summed E-state index contributed by atoms with van der Waals surface area (Å²) in [5, 5.41) is 0. The number of ether oxygens (including phenoxy) is 1. The molecule has 4 rings (SSSR count). The number of furan rings is 1. The Balaban J connectivity index is 1.50. The van der Waals surface area contributed by atoms with Gasteiger partial charge in [-0.05, 0) is 76.9 Å². The average molecular weight is 544 g/mol. The van der Waals surface area contributed by atoms with Crippen molar-refractivity contribution in [2.45, 2.75) is 76.3 Å². The SMILES string of the molecule is Cc1ccc(Cc2cc(N(Cc3ccc(SC(C)(C)C(=O)OC(C)(C)C)cc3)Cc3ccco3)ncn2)cc1. The van der Waals surface area contributed by atoms with E-state index in [1.54, 1.807) is 12.6 Å². The topological polar surface area (TPSA) is 68.5 Å². The van der Waals surface area contributed by atoms with Gasteiger partial charge in [0.15, 0.2) is 0 Å². The summed E-state index contributed by atoms with van der Waals surface area (Å²) >= 11 is 1.50. The Morgan fingerprint density at radius 3 is 2.26 bits per heavy atom. The van der Waals surface area contributed by atoms with Crippen molar-refractivity contribution in [2.75, 3.05) is 4.90 Å². The summed E-state index contributed by atoms with van der Waals surface area (Å²) in [7, 11) is 0. The van der Waals surface area contributed by atoms with E-state index in [0.717, 1.165) is 34.2 Å². The highest BCUT2D eigenvalue weighted by Gasteiger charge is 2.33. The number of hydrogen-bond acceptors (Lipinski definition) is 7. The van der Waals surface area contributed by atoms with Gasteiger partial charge in [0, 0.05) is 23.9 Å². The van der Waals surface area contributed by atoms with Crippen molar-refractivity contribution in [2.24, 2.45) is 0 Å². The number of aromatic nitrogens is 2. The fourth-order valence-corrected chi connectivity index (χ4v) is 4.99. The highest BCUT2D eigenvalue weighted by Crippen LogP contribution is 2.35. The van der Waals surface area contributed by atoms with E-state index in [1.807, 2.05) is 46.8 Å². The van der Waals surface area contributed by atoms with Crippen molar-refractivity contribution in [3.05, 3.63) is 107 Å². The Kier molecular flexibility index (Phi) is 8.80. The maximum Gasteiger partial charge on any atom is 0.322 e. The van der Waals surface area contributed by atoms with E-state index in [0.29, 0.717) is 13.1 Å². The van der Waals surface area contributed by atoms with Crippen molar-refractivity contribution >= 4 is 23.5 Å². The molecule has 0 spiro atoms. The quantitative estimate of drug-likeness (QED) is 0.153. The van der Waals surface area contributed by atoms with Gasteiger partial charge in [-0.1, -0.05) is 42.0 Å². The maximum absolute atomic E-state index is 12.7. The Morgan fingerprint density at radius 1 is 0.923 bits per heavy atom. The van der Waals surface area contributed by atoms with Crippen molar-refractivity contribution < 1.29 is 13.9 Å². The van der Waals surface area contributed by atoms with E-state index in [-0.39, 0.29) is 5.97 Å². The number of esters is 1. The van der Waals surface area contributed by atoms with Crippen LogP contribution in [-0.4, -0.2) is 26.3 Å². The Bertz CT molecular complexity index is 1360. The standard InChI is InChI=1S/C32H37N3O3S/c1-23-9-11-24(12-10-23)18-26-19-29(34-22-33-26)35(21-27-8-7-17-37-27)20-25-13-15-28(16-14-25)39-32(5,6)30(36)38-31(2,3)4/h7-17,19,22H,18,20-21H2,1-6H3. The fourth-order valence-electron chi connectivity index (χ4n) is 4.00. The smallest absolute Gasteiger partial charge is 0.322 e. The van der Waals surface area contributed by atoms with E-state index in [1.165, 1.54) is 22.9 Å². The summed E-state index contributed by atoms with van der Waals surface area (Å²) in [6.07, 6.45) is 4.06. The number of carbonyl (C=O) groups is 1. The lowest BCUT2D eigenvalue weighted by Crippen LogP contribution is -2.36. The molecule has 0 radical (unpaired) electrons. The molecule has 0 amide bonds. The van der Waals surface area contributed by atoms with Gasteiger partial charge in [0.05, 0.1) is 18.5 Å². The number of thioether (sulfide) groups is 1. The van der Waals surface area contributed by atoms with E-state index < -0.39 is 10.3 Å². The largest absolute Gasteiger partial charge is 0.467 e. The molecule has 0 unspecified atom stereocenters. The van der Waals surface area contributed by atoms with Crippen LogP contribution in [0, 0.1) is 6.92 Å². The van der Waals surface area contributed by atoms with Crippen LogP contribution in [-0.2, 0) is 29.0 Å². The first kappa shape index (κ1) is 28.4. The van der Waals surface area contributed by atoms with Crippen LogP contribution in [0.4, 0.5) is 5.82 Å². The summed E-state index contributed by atoms with van der Waals surface area (Å²) in [4.78, 5) is 25.0. The van der Waals surface area contributed by atoms with Gasteiger partial charge in [-0.3, -0.25) is 4.79 Å². The molecule has 2 aromatic heterocycles. The molecule has 0 saturated heterocycles. The third-order valence-corrected chi connectivity index (χ3v) is 7.21. The second kappa shape index (κ2) is 12.1. The molecular formula is C32H37N3O3S. The van der Waals surface area contributed by atoms with Gasteiger partial charge in [-0.15, -0.1) is 11.8 Å². The summed E-state index contributed by atoms with van der Waals surface area (Å²) in [6, 6.07) is 22.7. The molecule has 7 heteroatoms. The highest BCUT2D eigenvalue weighted by atomic mass is 32.2. The fraction of sp³-hybridized carbons (Fsp3) is 0.344. The number of anilines is 1. The Hall–Kier alpha value is -3.58. The molecule has 0 atom stereocenters. The molecule has 4 aromatic rings. The van der Waals surface area contributed by atoms with Crippen molar-refractivity contribution in [1.82, 2.24) is 9.97 Å². The molecule has 39 heavy (non-hydrogen) atoms. The van der Waals surface area contributed by atoms with E-state index in [2.05, 4.69) is 76.4 Å². The lowest BCUT2D eigenvalue weighted by Gasteiger charge is -2.28. The van der Waals surface area contributed by atoms with Crippen LogP contribution in [0.1, 0.15) is 62.8 Å². The summed E-state index contributed by atoms with van der Waals surface area (Å²) in [5.74, 6) is 1.48. The number of carbonyl (C=O) groups excluding carboxylic acids is 1. The minimum absolute atomic E-state index is 0.223. The van der Waals surface area contributed by atoms with Gasteiger partial charge in [-0.25, -0.2) is 9.97 Å². The average Bonchev–Trinajstić information content (AvgIpc) is 3.38. The summed E-state index contributed by atoms with van der Waals surface area (Å²) in [6.45, 7) is 12.8. The van der Waals surface area contributed by atoms with Crippen molar-refractivity contribution in [3.63, 3.8) is 0 Å². The van der Waals surface area contributed by atoms with Crippen molar-refractivity contribution in [1.29, 1.82) is 0 Å². The normalized spacial score (nSPS) is 11.8. The van der Waals surface area contributed by atoms with Crippen LogP contribution in [0.3, 0.4) is 0 Å². The molecule has 0 aliphatic heterocycles. The van der Waals surface area contributed by atoms with Gasteiger partial charge in [0.2, 0.25) is 0 Å². The predicted octanol–water partition coefficient (Wildman–Crippen LogP) is 7.39. The van der Waals surface area contributed by atoms with Gasteiger partial charge < -0.3 is 14.1 Å². The first-order valence-corrected chi connectivity index (χ1v) is 13.9. The summed E-state index contributed by atoms with van der Waals surface area (Å²) in [5.41, 5.74) is 4.02. The first-order chi connectivity index (χ1) is 18.5. The minimum Gasteiger partial charge on any atom is -0.467 e. The molecule has 0 saturated carbocycles. The predicted molar refractivity (Wildman–Crippen MR) is 157 cm³/mol. The molecular weight excluding hydrogens is 506 g/mol. The van der Waals surface area contributed by atoms with Crippen LogP contribution in [0.5, 0.6) is 0 Å². The summed E-state index contributed by atoms with van der Waals surface area (Å²) < 4.78 is 10.6. The van der Waals surface area contributed by atoms with E-state index in [4.69, 9.17) is 9.15 Å². The number of aryl methyl sites for hydroxylation is 1. The van der Waals surface area contributed by atoms with Crippen LogP contribution >= 0.6 is 11.8 Å². The van der Waals surface area contributed by atoms with Crippen LogP contribution < -0.4 is 4.90 Å². The second-order valence-electron chi connectivity index (χ2n) is 11.2. The molecule has 0 fully saturated rings. The Morgan fingerprint density at radius 2 is 1.62 bits per heavy atom. The number of hydrogen-bond donors (Lipinski definition) is 0. The number of rotatable bonds is 10. The van der Waals surface area contributed by atoms with Gasteiger partial charge >= 0.3 is 5.97 Å². The van der Waals surface area contributed by atoms with Gasteiger partial charge in [0.25, 0.3) is 0 Å². The zero-order valence-electron chi connectivity index (χ0n) is 23.6. The van der Waals surface area contributed by atoms with Crippen LogP contribution in [0.15, 0.2) is 88.6 Å². The third kappa shape index (κ3) is 8.45. The lowest BCUT2D eigenvalue weighted by molar-refractivity contribution is -0.156. The Labute approximate surface area is 235 Å². The van der Waals surface area contributed by atoms with Crippen LogP contribution in [0.25, 0.3) is 0 Å². The van der Waals surface area contributed by atoms with E-state index >= 15 is 0 Å².